The summed E-state index contributed by atoms with van der Waals surface area (Å²) in [5, 5.41) is 8.17. The van der Waals surface area contributed by atoms with Crippen LogP contribution in [0.2, 0.25) is 0 Å². The molecule has 3 amide bonds. The van der Waals surface area contributed by atoms with Crippen LogP contribution in [0.5, 0.6) is 5.75 Å². The topological polar surface area (TPSA) is 96.5 Å². The van der Waals surface area contributed by atoms with E-state index in [-0.39, 0.29) is 18.1 Å². The third-order valence-corrected chi connectivity index (χ3v) is 5.39. The lowest BCUT2D eigenvalue weighted by atomic mass is 10.1. The summed E-state index contributed by atoms with van der Waals surface area (Å²) in [6, 6.07) is 26.2. The molecule has 0 atom stereocenters. The van der Waals surface area contributed by atoms with Gasteiger partial charge in [0.05, 0.1) is 5.56 Å². The van der Waals surface area contributed by atoms with Gasteiger partial charge < -0.3 is 20.7 Å². The van der Waals surface area contributed by atoms with Crippen LogP contribution in [0.25, 0.3) is 0 Å². The number of para-hydroxylation sites is 1. The van der Waals surface area contributed by atoms with Gasteiger partial charge in [0.15, 0.2) is 6.61 Å². The van der Waals surface area contributed by atoms with Gasteiger partial charge in [0, 0.05) is 28.7 Å². The second kappa shape index (κ2) is 11.6. The van der Waals surface area contributed by atoms with Gasteiger partial charge >= 0.3 is 0 Å². The summed E-state index contributed by atoms with van der Waals surface area (Å²) < 4.78 is 19.5. The third kappa shape index (κ3) is 6.79. The van der Waals surface area contributed by atoms with Crippen molar-refractivity contribution in [1.29, 1.82) is 0 Å². The summed E-state index contributed by atoms with van der Waals surface area (Å²) in [5.41, 5.74) is 2.44. The van der Waals surface area contributed by atoms with Crippen molar-refractivity contribution in [3.05, 3.63) is 120 Å². The molecule has 0 heterocycles. The second-order valence-electron chi connectivity index (χ2n) is 8.15. The van der Waals surface area contributed by atoms with Crippen molar-refractivity contribution in [2.24, 2.45) is 0 Å². The summed E-state index contributed by atoms with van der Waals surface area (Å²) in [6.45, 7) is 1.57. The molecular weight excluding hydrogens is 473 g/mol. The van der Waals surface area contributed by atoms with Crippen LogP contribution >= 0.6 is 0 Å². The van der Waals surface area contributed by atoms with Crippen molar-refractivity contribution >= 4 is 34.8 Å². The van der Waals surface area contributed by atoms with E-state index in [4.69, 9.17) is 4.74 Å². The summed E-state index contributed by atoms with van der Waals surface area (Å²) in [5.74, 6) is -1.57. The second-order valence-corrected chi connectivity index (χ2v) is 8.15. The molecule has 37 heavy (non-hydrogen) atoms. The van der Waals surface area contributed by atoms with Crippen LogP contribution in [-0.4, -0.2) is 24.3 Å². The average molecular weight is 498 g/mol. The number of nitrogens with one attached hydrogen (secondary N) is 3. The number of aryl methyl sites for hydroxylation is 1. The van der Waals surface area contributed by atoms with E-state index in [2.05, 4.69) is 16.0 Å². The van der Waals surface area contributed by atoms with E-state index in [9.17, 15) is 18.8 Å². The Morgan fingerprint density at radius 2 is 1.46 bits per heavy atom. The van der Waals surface area contributed by atoms with E-state index in [0.717, 1.165) is 0 Å². The number of carbonyl (C=O) groups is 3. The molecule has 0 aromatic heterocycles. The van der Waals surface area contributed by atoms with E-state index < -0.39 is 17.6 Å². The van der Waals surface area contributed by atoms with Crippen LogP contribution in [0.3, 0.4) is 0 Å². The van der Waals surface area contributed by atoms with Gasteiger partial charge in [-0.2, -0.15) is 0 Å². The largest absolute Gasteiger partial charge is 0.484 e. The third-order valence-electron chi connectivity index (χ3n) is 5.39. The molecule has 0 bridgehead atoms. The minimum atomic E-state index is -0.633. The number of hydrogen-bond donors (Lipinski definition) is 3. The Kier molecular flexibility index (Phi) is 7.90. The molecule has 0 aliphatic carbocycles. The zero-order valence-electron chi connectivity index (χ0n) is 20.0. The summed E-state index contributed by atoms with van der Waals surface area (Å²) in [4.78, 5) is 37.5. The van der Waals surface area contributed by atoms with Crippen molar-refractivity contribution < 1.29 is 23.5 Å². The number of carbonyl (C=O) groups excluding carboxylic acids is 3. The van der Waals surface area contributed by atoms with E-state index in [1.807, 2.05) is 18.2 Å². The van der Waals surface area contributed by atoms with Gasteiger partial charge in [0.2, 0.25) is 0 Å². The Morgan fingerprint density at radius 3 is 2.24 bits per heavy atom. The number of halogens is 1. The van der Waals surface area contributed by atoms with Crippen LogP contribution < -0.4 is 20.7 Å². The van der Waals surface area contributed by atoms with Crippen molar-refractivity contribution in [2.75, 3.05) is 22.6 Å². The Bertz CT molecular complexity index is 1440. The Balaban J connectivity index is 1.38. The van der Waals surface area contributed by atoms with E-state index >= 15 is 0 Å². The van der Waals surface area contributed by atoms with Crippen molar-refractivity contribution in [3.8, 4) is 5.75 Å². The fourth-order valence-corrected chi connectivity index (χ4v) is 3.47. The number of benzene rings is 4. The van der Waals surface area contributed by atoms with Crippen LogP contribution in [0, 0.1) is 12.7 Å². The molecular formula is C29H24FN3O4. The van der Waals surface area contributed by atoms with Crippen molar-refractivity contribution in [2.45, 2.75) is 6.92 Å². The molecule has 0 radical (unpaired) electrons. The highest BCUT2D eigenvalue weighted by atomic mass is 19.1. The molecule has 0 spiro atoms. The van der Waals surface area contributed by atoms with Gasteiger partial charge in [-0.15, -0.1) is 0 Å². The number of anilines is 3. The maximum absolute atomic E-state index is 14.0. The summed E-state index contributed by atoms with van der Waals surface area (Å²) in [6.07, 6.45) is 0. The van der Waals surface area contributed by atoms with E-state index in [1.54, 1.807) is 61.5 Å². The van der Waals surface area contributed by atoms with Gasteiger partial charge in [-0.1, -0.05) is 42.5 Å². The number of amides is 3. The SMILES string of the molecule is Cc1ccc(C(=O)Nc2cccc(OCC(=O)Nc3ccccc3)c2)cc1NC(=O)c1ccccc1F. The molecule has 4 aromatic carbocycles. The van der Waals surface area contributed by atoms with Crippen molar-refractivity contribution in [3.63, 3.8) is 0 Å². The molecule has 0 saturated carbocycles. The maximum atomic E-state index is 14.0. The molecule has 8 heteroatoms. The molecule has 186 valence electrons. The van der Waals surface area contributed by atoms with Crippen LogP contribution in [-0.2, 0) is 4.79 Å². The molecule has 0 fully saturated rings. The predicted molar refractivity (Wildman–Crippen MR) is 140 cm³/mol. The standard InChI is InChI=1S/C29H24FN3O4/c1-19-14-15-20(16-26(19)33-29(36)24-12-5-6-13-25(24)30)28(35)32-22-10-7-11-23(17-22)37-18-27(34)31-21-8-3-2-4-9-21/h2-17H,18H2,1H3,(H,31,34)(H,32,35)(H,33,36). The zero-order valence-corrected chi connectivity index (χ0v) is 20.0. The highest BCUT2D eigenvalue weighted by Gasteiger charge is 2.14. The molecule has 4 rings (SSSR count). The monoisotopic (exact) mass is 497 g/mol. The number of hydrogen-bond acceptors (Lipinski definition) is 4. The Morgan fingerprint density at radius 1 is 0.730 bits per heavy atom. The predicted octanol–water partition coefficient (Wildman–Crippen LogP) is 5.66. The Labute approximate surface area is 213 Å². The molecule has 0 unspecified atom stereocenters. The lowest BCUT2D eigenvalue weighted by Crippen LogP contribution is -2.20. The van der Waals surface area contributed by atoms with Gasteiger partial charge in [0.25, 0.3) is 17.7 Å². The molecule has 4 aromatic rings. The first-order valence-electron chi connectivity index (χ1n) is 11.4. The van der Waals surface area contributed by atoms with E-state index in [0.29, 0.717) is 33.9 Å². The lowest BCUT2D eigenvalue weighted by Gasteiger charge is -2.12. The average Bonchev–Trinajstić information content (AvgIpc) is 2.90. The smallest absolute Gasteiger partial charge is 0.262 e. The van der Waals surface area contributed by atoms with Crippen LogP contribution in [0.4, 0.5) is 21.5 Å². The first-order valence-corrected chi connectivity index (χ1v) is 11.4. The summed E-state index contributed by atoms with van der Waals surface area (Å²) in [7, 11) is 0. The summed E-state index contributed by atoms with van der Waals surface area (Å²) >= 11 is 0. The Hall–Kier alpha value is -4.98. The normalized spacial score (nSPS) is 10.3. The van der Waals surface area contributed by atoms with Gasteiger partial charge in [-0.25, -0.2) is 4.39 Å². The lowest BCUT2D eigenvalue weighted by molar-refractivity contribution is -0.118. The number of rotatable bonds is 8. The van der Waals surface area contributed by atoms with Gasteiger partial charge in [-0.05, 0) is 61.0 Å². The molecule has 0 aliphatic heterocycles. The van der Waals surface area contributed by atoms with Gasteiger partial charge in [-0.3, -0.25) is 14.4 Å². The first kappa shape index (κ1) is 25.1. The molecule has 0 saturated heterocycles. The fraction of sp³-hybridized carbons (Fsp3) is 0.0690. The number of ether oxygens (including phenoxy) is 1. The minimum absolute atomic E-state index is 0.0916. The van der Waals surface area contributed by atoms with Gasteiger partial charge in [0.1, 0.15) is 11.6 Å². The molecule has 3 N–H and O–H groups in total. The first-order chi connectivity index (χ1) is 17.9. The highest BCUT2D eigenvalue weighted by Crippen LogP contribution is 2.22. The van der Waals surface area contributed by atoms with Crippen LogP contribution in [0.1, 0.15) is 26.3 Å². The molecule has 7 nitrogen and oxygen atoms in total. The highest BCUT2D eigenvalue weighted by molar-refractivity contribution is 6.08. The van der Waals surface area contributed by atoms with Crippen molar-refractivity contribution in [1.82, 2.24) is 0 Å². The minimum Gasteiger partial charge on any atom is -0.484 e. The van der Waals surface area contributed by atoms with Crippen LogP contribution in [0.15, 0.2) is 97.1 Å². The maximum Gasteiger partial charge on any atom is 0.262 e. The molecule has 0 aliphatic rings. The zero-order chi connectivity index (χ0) is 26.2. The fourth-order valence-electron chi connectivity index (χ4n) is 3.47. The quantitative estimate of drug-likeness (QED) is 0.293. The van der Waals surface area contributed by atoms with E-state index in [1.165, 1.54) is 24.3 Å².